The molecule has 0 rings (SSSR count). The molecule has 0 radical (unpaired) electrons. The Morgan fingerprint density at radius 3 is 1.56 bits per heavy atom. The van der Waals surface area contributed by atoms with Gasteiger partial charge in [0.15, 0.2) is 0 Å². The number of carbonyl (C=O) groups is 3. The topological polar surface area (TPSA) is 251 Å². The molecule has 0 aliphatic heterocycles. The lowest BCUT2D eigenvalue weighted by atomic mass is 10.0. The molecule has 0 fully saturated rings. The van der Waals surface area contributed by atoms with Crippen molar-refractivity contribution < 1.29 is 55.2 Å². The van der Waals surface area contributed by atoms with Gasteiger partial charge in [-0.15, -0.1) is 0 Å². The zero-order valence-corrected chi connectivity index (χ0v) is 14.6. The van der Waals surface area contributed by atoms with Crippen molar-refractivity contribution in [3.63, 3.8) is 0 Å². The quantitative estimate of drug-likeness (QED) is 0.145. The van der Waals surface area contributed by atoms with E-state index < -0.39 is 67.8 Å². The summed E-state index contributed by atoms with van der Waals surface area (Å²) in [5.74, 6) is -0.558. The molecule has 0 aromatic rings. The summed E-state index contributed by atoms with van der Waals surface area (Å²) in [6.07, 6.45) is -9.15. The molecule has 1 amide bonds. The Hall–Kier alpha value is -1.55. The van der Waals surface area contributed by atoms with Gasteiger partial charge < -0.3 is 61.5 Å². The summed E-state index contributed by atoms with van der Waals surface area (Å²) >= 11 is 0. The third-order valence-electron chi connectivity index (χ3n) is 3.30. The number of aliphatic hydroxyl groups excluding tert-OH is 8. The third-order valence-corrected chi connectivity index (χ3v) is 3.30. The van der Waals surface area contributed by atoms with Crippen LogP contribution in [0, 0.1) is 0 Å². The van der Waals surface area contributed by atoms with Crippen LogP contribution < -0.4 is 11.1 Å². The normalized spacial score (nSPS) is 19.8. The van der Waals surface area contributed by atoms with Gasteiger partial charge in [-0.25, -0.2) is 0 Å². The maximum Gasteiger partial charge on any atom is 0.217 e. The van der Waals surface area contributed by atoms with Gasteiger partial charge in [-0.3, -0.25) is 4.79 Å². The largest absolute Gasteiger partial charge is 0.394 e. The molecule has 0 spiro atoms. The molecule has 0 aliphatic rings. The molecular formula is C14H28N2O11. The molecule has 0 heterocycles. The van der Waals surface area contributed by atoms with E-state index in [9.17, 15) is 24.6 Å². The number of carbonyl (C=O) groups excluding carboxylic acids is 3. The lowest BCUT2D eigenvalue weighted by molar-refractivity contribution is -0.129. The van der Waals surface area contributed by atoms with Crippen LogP contribution in [-0.2, 0) is 14.4 Å². The van der Waals surface area contributed by atoms with Crippen molar-refractivity contribution in [1.29, 1.82) is 0 Å². The Kier molecular flexibility index (Phi) is 14.9. The first-order valence-corrected chi connectivity index (χ1v) is 7.71. The molecule has 0 saturated heterocycles. The third kappa shape index (κ3) is 10.4. The lowest BCUT2D eigenvalue weighted by Crippen LogP contribution is -2.53. The second-order valence-corrected chi connectivity index (χ2v) is 5.54. The van der Waals surface area contributed by atoms with Crippen LogP contribution in [0.15, 0.2) is 0 Å². The van der Waals surface area contributed by atoms with E-state index in [0.717, 1.165) is 6.92 Å². The monoisotopic (exact) mass is 400 g/mol. The molecule has 0 bridgehead atoms. The average Bonchev–Trinajstić information content (AvgIpc) is 2.67. The van der Waals surface area contributed by atoms with Crippen LogP contribution in [0.2, 0.25) is 0 Å². The van der Waals surface area contributed by atoms with Gasteiger partial charge in [-0.05, 0) is 0 Å². The van der Waals surface area contributed by atoms with Crippen molar-refractivity contribution in [2.75, 3.05) is 13.2 Å². The van der Waals surface area contributed by atoms with Crippen LogP contribution in [0.5, 0.6) is 0 Å². The number of aldehydes is 2. The number of aliphatic hydroxyl groups is 8. The van der Waals surface area contributed by atoms with E-state index in [1.165, 1.54) is 0 Å². The molecule has 8 atom stereocenters. The highest BCUT2D eigenvalue weighted by Crippen LogP contribution is 2.04. The Morgan fingerprint density at radius 2 is 1.26 bits per heavy atom. The first-order chi connectivity index (χ1) is 12.5. The molecule has 160 valence electrons. The van der Waals surface area contributed by atoms with Crippen molar-refractivity contribution in [1.82, 2.24) is 5.32 Å². The first kappa shape index (κ1) is 27.7. The highest BCUT2D eigenvalue weighted by atomic mass is 16.4. The van der Waals surface area contributed by atoms with Crippen molar-refractivity contribution in [3.05, 3.63) is 0 Å². The highest BCUT2D eigenvalue weighted by molar-refractivity contribution is 5.77. The van der Waals surface area contributed by atoms with E-state index in [0.29, 0.717) is 0 Å². The van der Waals surface area contributed by atoms with E-state index in [4.69, 9.17) is 36.4 Å². The predicted molar refractivity (Wildman–Crippen MR) is 87.9 cm³/mol. The van der Waals surface area contributed by atoms with Crippen LogP contribution in [0.25, 0.3) is 0 Å². The van der Waals surface area contributed by atoms with Gasteiger partial charge in [0, 0.05) is 6.92 Å². The molecule has 0 aromatic carbocycles. The number of hydrogen-bond acceptors (Lipinski definition) is 12. The van der Waals surface area contributed by atoms with E-state index in [1.54, 1.807) is 0 Å². The summed E-state index contributed by atoms with van der Waals surface area (Å²) in [4.78, 5) is 31.1. The second-order valence-electron chi connectivity index (χ2n) is 5.54. The van der Waals surface area contributed by atoms with Crippen molar-refractivity contribution in [2.24, 2.45) is 5.73 Å². The Balaban J connectivity index is 0. The fourth-order valence-electron chi connectivity index (χ4n) is 1.63. The van der Waals surface area contributed by atoms with E-state index in [-0.39, 0.29) is 12.6 Å². The Labute approximate surface area is 154 Å². The summed E-state index contributed by atoms with van der Waals surface area (Å²) in [5.41, 5.74) is 5.04. The molecule has 11 N–H and O–H groups in total. The minimum atomic E-state index is -1.71. The van der Waals surface area contributed by atoms with Crippen molar-refractivity contribution in [2.45, 2.75) is 55.6 Å². The molecular weight excluding hydrogens is 372 g/mol. The summed E-state index contributed by atoms with van der Waals surface area (Å²) < 4.78 is 0. The number of rotatable bonds is 11. The van der Waals surface area contributed by atoms with E-state index in [1.807, 2.05) is 0 Å². The van der Waals surface area contributed by atoms with Crippen LogP contribution in [0.4, 0.5) is 0 Å². The maximum absolute atomic E-state index is 10.6. The predicted octanol–water partition coefficient (Wildman–Crippen LogP) is -6.65. The second kappa shape index (κ2) is 14.5. The van der Waals surface area contributed by atoms with Gasteiger partial charge in [-0.2, -0.15) is 0 Å². The van der Waals surface area contributed by atoms with Crippen molar-refractivity contribution >= 4 is 18.5 Å². The van der Waals surface area contributed by atoms with E-state index >= 15 is 0 Å². The number of amides is 1. The zero-order valence-electron chi connectivity index (χ0n) is 14.6. The Bertz CT molecular complexity index is 439. The molecule has 27 heavy (non-hydrogen) atoms. The van der Waals surface area contributed by atoms with Crippen LogP contribution in [0.3, 0.4) is 0 Å². The molecule has 0 saturated carbocycles. The zero-order chi connectivity index (χ0) is 21.7. The minimum absolute atomic E-state index is 0.235. The van der Waals surface area contributed by atoms with Gasteiger partial charge in [0.05, 0.1) is 19.3 Å². The summed E-state index contributed by atoms with van der Waals surface area (Å²) in [5, 5.41) is 73.3. The van der Waals surface area contributed by atoms with Crippen LogP contribution in [-0.4, -0.2) is 121 Å². The molecule has 13 nitrogen and oxygen atoms in total. The summed E-state index contributed by atoms with van der Waals surface area (Å²) in [6, 6.07) is -2.58. The number of nitrogens with one attached hydrogen (secondary N) is 1. The van der Waals surface area contributed by atoms with Crippen molar-refractivity contribution in [3.8, 4) is 0 Å². The van der Waals surface area contributed by atoms with Gasteiger partial charge in [-0.1, -0.05) is 0 Å². The first-order valence-electron chi connectivity index (χ1n) is 7.71. The van der Waals surface area contributed by atoms with Gasteiger partial charge in [0.1, 0.15) is 55.2 Å². The number of hydrogen-bond donors (Lipinski definition) is 10. The van der Waals surface area contributed by atoms with Crippen LogP contribution in [0.1, 0.15) is 6.92 Å². The average molecular weight is 400 g/mol. The Morgan fingerprint density at radius 1 is 0.852 bits per heavy atom. The summed E-state index contributed by atoms with van der Waals surface area (Å²) in [6.45, 7) is -0.328. The SMILES string of the molecule is CC(=O)N[C@@H](C=O)[C@@H](O)[C@H](O)[C@H](O)CO.N[C@@H](C=O)[C@@H](O)[C@H](O)[C@H](O)CO. The fraction of sp³-hybridized carbons (Fsp3) is 0.786. The number of nitrogens with two attached hydrogens (primary N) is 1. The minimum Gasteiger partial charge on any atom is -0.394 e. The highest BCUT2D eigenvalue weighted by Gasteiger charge is 2.31. The van der Waals surface area contributed by atoms with Gasteiger partial charge in [0.25, 0.3) is 0 Å². The van der Waals surface area contributed by atoms with Crippen LogP contribution >= 0.6 is 0 Å². The van der Waals surface area contributed by atoms with Gasteiger partial charge >= 0.3 is 0 Å². The van der Waals surface area contributed by atoms with Gasteiger partial charge in [0.2, 0.25) is 5.91 Å². The smallest absolute Gasteiger partial charge is 0.217 e. The standard InChI is InChI=1S/C8H15NO6.C6H13NO5/c1-4(12)9-5(2-10)7(14)8(15)6(13)3-11;7-3(1-8)5(11)6(12)4(10)2-9/h2,5-8,11,13-15H,3H2,1H3,(H,9,12);1,3-6,9-12H,2,7H2/t5-,6+,7+,8+;3-,4+,5+,6+/m00/s1. The summed E-state index contributed by atoms with van der Waals surface area (Å²) in [7, 11) is 0. The fourth-order valence-corrected chi connectivity index (χ4v) is 1.63. The molecule has 0 aliphatic carbocycles. The molecule has 0 unspecified atom stereocenters. The maximum atomic E-state index is 10.6. The lowest BCUT2D eigenvalue weighted by Gasteiger charge is -2.25. The van der Waals surface area contributed by atoms with E-state index in [2.05, 4.69) is 5.32 Å². The molecule has 0 aromatic heterocycles. The molecule has 13 heteroatoms.